The van der Waals surface area contributed by atoms with Gasteiger partial charge in [0.15, 0.2) is 5.58 Å². The number of nitrogens with zero attached hydrogens (tertiary/aromatic N) is 1. The van der Waals surface area contributed by atoms with Gasteiger partial charge >= 0.3 is 11.8 Å². The molecule has 96 valence electrons. The number of oxazole rings is 1. The van der Waals surface area contributed by atoms with Crippen molar-refractivity contribution in [2.24, 2.45) is 7.05 Å². The zero-order valence-electron chi connectivity index (χ0n) is 10.2. The number of nitrogens with one attached hydrogen (secondary N) is 1. The highest BCUT2D eigenvalue weighted by atomic mass is 16.5. The third kappa shape index (κ3) is 2.37. The highest BCUT2D eigenvalue weighted by molar-refractivity contribution is 5.73. The molecule has 2 aromatic rings. The average molecular weight is 250 g/mol. The standard InChI is InChI=1S/C12H14N2O4/c1-14-9-7-8(5-6-13-11(15)17-2)3-4-10(9)18-12(14)16/h3-4,7H,5-6H2,1-2H3,(H,13,15). The van der Waals surface area contributed by atoms with Gasteiger partial charge in [0.1, 0.15) is 0 Å². The van der Waals surface area contributed by atoms with Crippen molar-refractivity contribution in [3.63, 3.8) is 0 Å². The molecular weight excluding hydrogens is 236 g/mol. The molecule has 2 rings (SSSR count). The molecule has 0 bridgehead atoms. The van der Waals surface area contributed by atoms with Crippen molar-refractivity contribution in [2.75, 3.05) is 13.7 Å². The van der Waals surface area contributed by atoms with E-state index in [4.69, 9.17) is 4.42 Å². The summed E-state index contributed by atoms with van der Waals surface area (Å²) in [6, 6.07) is 5.49. The van der Waals surface area contributed by atoms with Crippen LogP contribution in [0.2, 0.25) is 0 Å². The first-order valence-corrected chi connectivity index (χ1v) is 5.52. The molecule has 0 atom stereocenters. The van der Waals surface area contributed by atoms with Crippen LogP contribution in [0.25, 0.3) is 11.1 Å². The second kappa shape index (κ2) is 4.95. The number of amides is 1. The maximum absolute atomic E-state index is 11.3. The fourth-order valence-electron chi connectivity index (χ4n) is 1.71. The number of hydrogen-bond acceptors (Lipinski definition) is 4. The minimum atomic E-state index is -0.452. The second-order valence-electron chi connectivity index (χ2n) is 3.90. The van der Waals surface area contributed by atoms with Crippen LogP contribution in [-0.2, 0) is 18.2 Å². The first-order valence-electron chi connectivity index (χ1n) is 5.52. The Morgan fingerprint density at radius 2 is 2.28 bits per heavy atom. The summed E-state index contributed by atoms with van der Waals surface area (Å²) in [6.07, 6.45) is 0.205. The number of rotatable bonds is 3. The van der Waals surface area contributed by atoms with Gasteiger partial charge in [0.05, 0.1) is 12.6 Å². The molecule has 0 radical (unpaired) electrons. The molecule has 0 aliphatic carbocycles. The molecule has 0 saturated carbocycles. The molecule has 18 heavy (non-hydrogen) atoms. The van der Waals surface area contributed by atoms with E-state index in [1.807, 2.05) is 12.1 Å². The Hall–Kier alpha value is -2.24. The van der Waals surface area contributed by atoms with Crippen molar-refractivity contribution < 1.29 is 13.9 Å². The van der Waals surface area contributed by atoms with Crippen LogP contribution in [0.3, 0.4) is 0 Å². The topological polar surface area (TPSA) is 73.5 Å². The van der Waals surface area contributed by atoms with Crippen LogP contribution in [0, 0.1) is 0 Å². The van der Waals surface area contributed by atoms with E-state index in [1.165, 1.54) is 11.7 Å². The van der Waals surface area contributed by atoms with E-state index in [0.29, 0.717) is 18.5 Å². The Morgan fingerprint density at radius 3 is 3.00 bits per heavy atom. The zero-order valence-corrected chi connectivity index (χ0v) is 10.2. The smallest absolute Gasteiger partial charge is 0.419 e. The van der Waals surface area contributed by atoms with E-state index < -0.39 is 6.09 Å². The number of fused-ring (bicyclic) bond motifs is 1. The van der Waals surface area contributed by atoms with Crippen LogP contribution in [0.15, 0.2) is 27.4 Å². The van der Waals surface area contributed by atoms with E-state index in [9.17, 15) is 9.59 Å². The molecule has 6 heteroatoms. The molecule has 0 fully saturated rings. The molecule has 1 aromatic heterocycles. The summed E-state index contributed by atoms with van der Waals surface area (Å²) in [5, 5.41) is 2.60. The molecule has 0 spiro atoms. The van der Waals surface area contributed by atoms with Crippen molar-refractivity contribution in [1.29, 1.82) is 0 Å². The quantitative estimate of drug-likeness (QED) is 0.883. The summed E-state index contributed by atoms with van der Waals surface area (Å²) in [7, 11) is 2.98. The van der Waals surface area contributed by atoms with Crippen LogP contribution < -0.4 is 11.1 Å². The number of methoxy groups -OCH3 is 1. The molecule has 0 aliphatic heterocycles. The predicted octanol–water partition coefficient (Wildman–Crippen LogP) is 1.03. The van der Waals surface area contributed by atoms with Crippen molar-refractivity contribution in [1.82, 2.24) is 9.88 Å². The lowest BCUT2D eigenvalue weighted by Crippen LogP contribution is -2.25. The fraction of sp³-hybridized carbons (Fsp3) is 0.333. The highest BCUT2D eigenvalue weighted by Crippen LogP contribution is 2.14. The van der Waals surface area contributed by atoms with Gasteiger partial charge in [-0.2, -0.15) is 0 Å². The largest absolute Gasteiger partial charge is 0.453 e. The highest BCUT2D eigenvalue weighted by Gasteiger charge is 2.06. The van der Waals surface area contributed by atoms with Gasteiger partial charge in [-0.1, -0.05) is 6.07 Å². The maximum Gasteiger partial charge on any atom is 0.419 e. The van der Waals surface area contributed by atoms with E-state index >= 15 is 0 Å². The SMILES string of the molecule is COC(=O)NCCc1ccc2oc(=O)n(C)c2c1. The lowest BCUT2D eigenvalue weighted by atomic mass is 10.1. The Bertz CT molecular complexity index is 627. The normalized spacial score (nSPS) is 10.6. The molecule has 1 N–H and O–H groups in total. The number of ether oxygens (including phenoxy) is 1. The van der Waals surface area contributed by atoms with Crippen molar-refractivity contribution in [2.45, 2.75) is 6.42 Å². The Labute approximate surface area is 103 Å². The predicted molar refractivity (Wildman–Crippen MR) is 65.6 cm³/mol. The lowest BCUT2D eigenvalue weighted by Gasteiger charge is -2.04. The Balaban J connectivity index is 2.12. The number of carbonyl (C=O) groups excluding carboxylic acids is 1. The van der Waals surface area contributed by atoms with Gasteiger partial charge in [0, 0.05) is 13.6 Å². The van der Waals surface area contributed by atoms with E-state index in [1.54, 1.807) is 13.1 Å². The molecule has 1 aromatic carbocycles. The summed E-state index contributed by atoms with van der Waals surface area (Å²) in [5.74, 6) is -0.380. The van der Waals surface area contributed by atoms with Gasteiger partial charge in [-0.3, -0.25) is 4.57 Å². The third-order valence-corrected chi connectivity index (χ3v) is 2.72. The zero-order chi connectivity index (χ0) is 13.1. The van der Waals surface area contributed by atoms with Gasteiger partial charge in [-0.25, -0.2) is 9.59 Å². The number of benzene rings is 1. The Kier molecular flexibility index (Phi) is 3.36. The van der Waals surface area contributed by atoms with Gasteiger partial charge < -0.3 is 14.5 Å². The minimum Gasteiger partial charge on any atom is -0.453 e. The summed E-state index contributed by atoms with van der Waals surface area (Å²) in [6.45, 7) is 0.476. The first-order chi connectivity index (χ1) is 8.61. The molecule has 6 nitrogen and oxygen atoms in total. The summed E-state index contributed by atoms with van der Waals surface area (Å²) in [4.78, 5) is 22.2. The molecule has 1 heterocycles. The van der Waals surface area contributed by atoms with Crippen LogP contribution in [0.5, 0.6) is 0 Å². The maximum atomic E-state index is 11.3. The van der Waals surface area contributed by atoms with Crippen LogP contribution in [-0.4, -0.2) is 24.3 Å². The van der Waals surface area contributed by atoms with Gasteiger partial charge in [-0.05, 0) is 24.1 Å². The van der Waals surface area contributed by atoms with Crippen LogP contribution in [0.1, 0.15) is 5.56 Å². The molecule has 0 saturated heterocycles. The van der Waals surface area contributed by atoms with Crippen molar-refractivity contribution >= 4 is 17.2 Å². The second-order valence-corrected chi connectivity index (χ2v) is 3.90. The Morgan fingerprint density at radius 1 is 1.50 bits per heavy atom. The summed E-state index contributed by atoms with van der Waals surface area (Å²) in [5.41, 5.74) is 2.32. The number of aryl methyl sites for hydroxylation is 1. The van der Waals surface area contributed by atoms with E-state index in [-0.39, 0.29) is 5.76 Å². The van der Waals surface area contributed by atoms with Crippen LogP contribution in [0.4, 0.5) is 4.79 Å². The van der Waals surface area contributed by atoms with Gasteiger partial charge in [-0.15, -0.1) is 0 Å². The number of alkyl carbamates (subject to hydrolysis) is 1. The molecule has 0 aliphatic rings. The molecule has 1 amide bonds. The van der Waals surface area contributed by atoms with E-state index in [0.717, 1.165) is 11.1 Å². The third-order valence-electron chi connectivity index (χ3n) is 2.72. The number of hydrogen-bond donors (Lipinski definition) is 1. The number of carbonyl (C=O) groups is 1. The van der Waals surface area contributed by atoms with Gasteiger partial charge in [0.2, 0.25) is 0 Å². The summed E-state index contributed by atoms with van der Waals surface area (Å²) < 4.78 is 11.0. The first kappa shape index (κ1) is 12.2. The van der Waals surface area contributed by atoms with Crippen LogP contribution >= 0.6 is 0 Å². The van der Waals surface area contributed by atoms with Crippen molar-refractivity contribution in [3.05, 3.63) is 34.3 Å². The van der Waals surface area contributed by atoms with Crippen molar-refractivity contribution in [3.8, 4) is 0 Å². The van der Waals surface area contributed by atoms with E-state index in [2.05, 4.69) is 10.1 Å². The molecule has 0 unspecified atom stereocenters. The summed E-state index contributed by atoms with van der Waals surface area (Å²) >= 11 is 0. The number of aromatic nitrogens is 1. The monoisotopic (exact) mass is 250 g/mol. The van der Waals surface area contributed by atoms with Gasteiger partial charge in [0.25, 0.3) is 0 Å². The lowest BCUT2D eigenvalue weighted by molar-refractivity contribution is 0.171. The molecular formula is C12H14N2O4. The fourth-order valence-corrected chi connectivity index (χ4v) is 1.71. The minimum absolute atomic E-state index is 0.380. The average Bonchev–Trinajstić information content (AvgIpc) is 2.65.